The average molecular weight is 268 g/mol. The van der Waals surface area contributed by atoms with E-state index < -0.39 is 12.7 Å². The highest BCUT2D eigenvalue weighted by molar-refractivity contribution is 5.22. The van der Waals surface area contributed by atoms with Crippen LogP contribution in [0.25, 0.3) is 0 Å². The minimum Gasteiger partial charge on any atom is -0.407 e. The summed E-state index contributed by atoms with van der Waals surface area (Å²) in [7, 11) is 2.81. The molecule has 6 nitrogen and oxygen atoms in total. The van der Waals surface area contributed by atoms with Crippen LogP contribution in [-0.4, -0.2) is 50.2 Å². The lowest BCUT2D eigenvalue weighted by molar-refractivity contribution is -0.119. The molecule has 9 heteroatoms. The van der Waals surface area contributed by atoms with Crippen LogP contribution in [0.4, 0.5) is 19.2 Å². The first-order chi connectivity index (χ1) is 8.42. The highest BCUT2D eigenvalue weighted by Gasteiger charge is 2.31. The second-order valence-electron chi connectivity index (χ2n) is 3.62. The summed E-state index contributed by atoms with van der Waals surface area (Å²) in [5.74, 6) is 0.232. The maximum Gasteiger partial charge on any atom is 0.406 e. The molecule has 1 aromatic rings. The summed E-state index contributed by atoms with van der Waals surface area (Å²) < 4.78 is 46.3. The number of anilines is 1. The Morgan fingerprint density at radius 1 is 1.39 bits per heavy atom. The van der Waals surface area contributed by atoms with Crippen LogP contribution < -0.4 is 10.2 Å². The topological polar surface area (TPSA) is 63.4 Å². The monoisotopic (exact) mass is 268 g/mol. The number of rotatable bonds is 7. The van der Waals surface area contributed by atoms with Gasteiger partial charge in [0.1, 0.15) is 6.54 Å². The van der Waals surface area contributed by atoms with Gasteiger partial charge in [0, 0.05) is 20.7 Å². The molecule has 0 aliphatic rings. The first-order valence-electron chi connectivity index (χ1n) is 5.22. The van der Waals surface area contributed by atoms with Crippen molar-refractivity contribution in [3.8, 4) is 0 Å². The number of ether oxygens (including phenoxy) is 1. The molecule has 18 heavy (non-hydrogen) atoms. The van der Waals surface area contributed by atoms with Crippen molar-refractivity contribution in [2.45, 2.75) is 12.7 Å². The highest BCUT2D eigenvalue weighted by Crippen LogP contribution is 2.19. The molecule has 0 radical (unpaired) electrons. The molecule has 1 rings (SSSR count). The number of aromatic nitrogens is 2. The average Bonchev–Trinajstić information content (AvgIpc) is 2.71. The Bertz CT molecular complexity index is 356. The molecule has 0 fully saturated rings. The molecule has 0 atom stereocenters. The number of alkyl halides is 3. The number of methoxy groups -OCH3 is 1. The van der Waals surface area contributed by atoms with Gasteiger partial charge in [-0.15, -0.1) is 5.10 Å². The lowest BCUT2D eigenvalue weighted by Crippen LogP contribution is -2.31. The van der Waals surface area contributed by atoms with Gasteiger partial charge in [-0.3, -0.25) is 0 Å². The molecule has 104 valence electrons. The van der Waals surface area contributed by atoms with Gasteiger partial charge in [-0.2, -0.15) is 13.2 Å². The van der Waals surface area contributed by atoms with E-state index in [4.69, 9.17) is 9.15 Å². The van der Waals surface area contributed by atoms with Crippen molar-refractivity contribution in [3.63, 3.8) is 0 Å². The summed E-state index contributed by atoms with van der Waals surface area (Å²) in [6.07, 6.45) is -4.31. The molecule has 0 saturated heterocycles. The normalized spacial score (nSPS) is 11.8. The number of hydrogen-bond donors (Lipinski definition) is 1. The number of halogens is 3. The van der Waals surface area contributed by atoms with E-state index in [0.29, 0.717) is 13.2 Å². The van der Waals surface area contributed by atoms with Gasteiger partial charge >= 0.3 is 12.2 Å². The van der Waals surface area contributed by atoms with Gasteiger partial charge in [-0.25, -0.2) is 0 Å². The summed E-state index contributed by atoms with van der Waals surface area (Å²) in [5.41, 5.74) is 0. The fraction of sp³-hybridized carbons (Fsp3) is 0.778. The van der Waals surface area contributed by atoms with Crippen molar-refractivity contribution in [2.75, 3.05) is 38.8 Å². The van der Waals surface area contributed by atoms with Crippen LogP contribution in [0.15, 0.2) is 4.42 Å². The Balaban J connectivity index is 2.42. The van der Waals surface area contributed by atoms with Gasteiger partial charge in [0.25, 0.3) is 0 Å². The predicted molar refractivity (Wildman–Crippen MR) is 57.2 cm³/mol. The van der Waals surface area contributed by atoms with Gasteiger partial charge in [0.2, 0.25) is 5.89 Å². The second-order valence-corrected chi connectivity index (χ2v) is 3.62. The Morgan fingerprint density at radius 2 is 2.11 bits per heavy atom. The van der Waals surface area contributed by atoms with Gasteiger partial charge in [-0.05, 0) is 0 Å². The molecule has 0 spiro atoms. The van der Waals surface area contributed by atoms with E-state index in [1.54, 1.807) is 7.11 Å². The van der Waals surface area contributed by atoms with Crippen LogP contribution in [-0.2, 0) is 11.3 Å². The van der Waals surface area contributed by atoms with E-state index in [2.05, 4.69) is 15.5 Å². The zero-order chi connectivity index (χ0) is 13.6. The third-order valence-corrected chi connectivity index (χ3v) is 1.96. The van der Waals surface area contributed by atoms with Crippen molar-refractivity contribution in [3.05, 3.63) is 5.89 Å². The third kappa shape index (κ3) is 5.32. The number of nitrogens with zero attached hydrogens (tertiary/aromatic N) is 3. The molecule has 1 aromatic heterocycles. The van der Waals surface area contributed by atoms with Gasteiger partial charge in [-0.1, -0.05) is 5.10 Å². The predicted octanol–water partition coefficient (Wildman–Crippen LogP) is 0.804. The molecule has 0 amide bonds. The summed E-state index contributed by atoms with van der Waals surface area (Å²) in [6, 6.07) is -0.157. The molecule has 0 aromatic carbocycles. The first kappa shape index (κ1) is 14.7. The lowest BCUT2D eigenvalue weighted by atomic mass is 10.6. The van der Waals surface area contributed by atoms with Crippen molar-refractivity contribution in [1.82, 2.24) is 15.5 Å². The van der Waals surface area contributed by atoms with E-state index in [0.717, 1.165) is 4.90 Å². The van der Waals surface area contributed by atoms with Gasteiger partial charge < -0.3 is 19.4 Å². The maximum absolute atomic E-state index is 12.1. The first-order valence-corrected chi connectivity index (χ1v) is 5.22. The summed E-state index contributed by atoms with van der Waals surface area (Å²) in [5, 5.41) is 10.1. The molecular weight excluding hydrogens is 253 g/mol. The second kappa shape index (κ2) is 6.55. The summed E-state index contributed by atoms with van der Waals surface area (Å²) in [6.45, 7) is 0.267. The number of nitrogens with one attached hydrogen (secondary N) is 1. The fourth-order valence-electron chi connectivity index (χ4n) is 1.18. The van der Waals surface area contributed by atoms with Gasteiger partial charge in [0.15, 0.2) is 0 Å². The summed E-state index contributed by atoms with van der Waals surface area (Å²) in [4.78, 5) is 0.853. The Hall–Kier alpha value is -1.35. The molecule has 1 N–H and O–H groups in total. The zero-order valence-corrected chi connectivity index (χ0v) is 10.1. The molecule has 0 saturated carbocycles. The van der Waals surface area contributed by atoms with Crippen molar-refractivity contribution >= 4 is 6.01 Å². The molecule has 1 heterocycles. The molecular formula is C9H15F3N4O2. The fourth-order valence-corrected chi connectivity index (χ4v) is 1.18. The zero-order valence-electron chi connectivity index (χ0n) is 10.1. The van der Waals surface area contributed by atoms with E-state index in [1.165, 1.54) is 7.05 Å². The maximum atomic E-state index is 12.1. The Morgan fingerprint density at radius 3 is 2.72 bits per heavy atom. The Kier molecular flexibility index (Phi) is 5.35. The van der Waals surface area contributed by atoms with Crippen molar-refractivity contribution in [1.29, 1.82) is 0 Å². The minimum absolute atomic E-state index is 0.157. The minimum atomic E-state index is -4.31. The van der Waals surface area contributed by atoms with Crippen LogP contribution >= 0.6 is 0 Å². The van der Waals surface area contributed by atoms with Crippen LogP contribution in [0.2, 0.25) is 0 Å². The molecule has 0 bridgehead atoms. The van der Waals surface area contributed by atoms with Crippen LogP contribution in [0.5, 0.6) is 0 Å². The SMILES string of the molecule is COCCNCc1nnc(N(C)CC(F)(F)F)o1. The highest BCUT2D eigenvalue weighted by atomic mass is 19.4. The standard InChI is InChI=1S/C9H15F3N4O2/c1-16(6-9(10,11)12)8-15-14-7(18-8)5-13-3-4-17-2/h13H,3-6H2,1-2H3. The smallest absolute Gasteiger partial charge is 0.406 e. The van der Waals surface area contributed by atoms with Crippen molar-refractivity contribution < 1.29 is 22.3 Å². The summed E-state index contributed by atoms with van der Waals surface area (Å²) >= 11 is 0. The quantitative estimate of drug-likeness (QED) is 0.738. The van der Waals surface area contributed by atoms with Crippen molar-refractivity contribution in [2.24, 2.45) is 0 Å². The van der Waals surface area contributed by atoms with Crippen LogP contribution in [0.3, 0.4) is 0 Å². The van der Waals surface area contributed by atoms with E-state index in [9.17, 15) is 13.2 Å². The molecule has 0 unspecified atom stereocenters. The lowest BCUT2D eigenvalue weighted by Gasteiger charge is -2.15. The Labute approximate surface area is 102 Å². The van der Waals surface area contributed by atoms with E-state index in [1.807, 2.05) is 0 Å². The van der Waals surface area contributed by atoms with E-state index >= 15 is 0 Å². The number of hydrogen-bond acceptors (Lipinski definition) is 6. The molecule has 0 aliphatic carbocycles. The van der Waals surface area contributed by atoms with Crippen LogP contribution in [0.1, 0.15) is 5.89 Å². The third-order valence-electron chi connectivity index (χ3n) is 1.96. The largest absolute Gasteiger partial charge is 0.407 e. The van der Waals surface area contributed by atoms with Gasteiger partial charge in [0.05, 0.1) is 13.2 Å². The van der Waals surface area contributed by atoms with E-state index in [-0.39, 0.29) is 18.5 Å². The molecule has 0 aliphatic heterocycles. The van der Waals surface area contributed by atoms with Crippen LogP contribution in [0, 0.1) is 0 Å².